The molecule has 1 spiro atoms. The molecule has 2 aromatic rings. The van der Waals surface area contributed by atoms with Gasteiger partial charge in [-0.05, 0) is 24.3 Å². The molecule has 0 aliphatic carbocycles. The molecule has 0 unspecified atom stereocenters. The summed E-state index contributed by atoms with van der Waals surface area (Å²) in [7, 11) is 0. The first kappa shape index (κ1) is 14.8. The molecule has 122 valence electrons. The van der Waals surface area contributed by atoms with Crippen molar-refractivity contribution < 1.29 is 14.1 Å². The Morgan fingerprint density at radius 3 is 3.13 bits per heavy atom. The first-order valence-corrected chi connectivity index (χ1v) is 8.80. The van der Waals surface area contributed by atoms with Gasteiger partial charge in [-0.3, -0.25) is 4.79 Å². The Kier molecular flexibility index (Phi) is 3.90. The molecule has 2 fully saturated rings. The minimum atomic E-state index is 0.136. The van der Waals surface area contributed by atoms with Gasteiger partial charge in [0.2, 0.25) is 11.8 Å². The van der Waals surface area contributed by atoms with E-state index in [4.69, 9.17) is 9.26 Å². The molecule has 0 radical (unpaired) electrons. The van der Waals surface area contributed by atoms with E-state index < -0.39 is 0 Å². The summed E-state index contributed by atoms with van der Waals surface area (Å²) < 4.78 is 10.9. The zero-order valence-corrected chi connectivity index (χ0v) is 13.7. The molecular formula is C16H19N3O3S. The van der Waals surface area contributed by atoms with Crippen LogP contribution in [0.25, 0.3) is 0 Å². The van der Waals surface area contributed by atoms with Gasteiger partial charge in [0, 0.05) is 29.9 Å². The molecule has 4 rings (SSSR count). The Morgan fingerprint density at radius 1 is 1.39 bits per heavy atom. The van der Waals surface area contributed by atoms with Crippen molar-refractivity contribution in [2.24, 2.45) is 5.41 Å². The molecule has 0 saturated carbocycles. The maximum absolute atomic E-state index is 12.2. The van der Waals surface area contributed by atoms with Crippen LogP contribution in [0.4, 0.5) is 0 Å². The van der Waals surface area contributed by atoms with Crippen molar-refractivity contribution >= 4 is 17.2 Å². The smallest absolute Gasteiger partial charge is 0.231 e. The second-order valence-corrected chi connectivity index (χ2v) is 7.45. The number of likely N-dealkylation sites (tertiary alicyclic amines) is 1. The average Bonchev–Trinajstić information content (AvgIpc) is 3.28. The van der Waals surface area contributed by atoms with Crippen molar-refractivity contribution in [3.63, 3.8) is 0 Å². The third-order valence-corrected chi connectivity index (χ3v) is 5.56. The summed E-state index contributed by atoms with van der Waals surface area (Å²) in [4.78, 5) is 19.7. The molecule has 4 heterocycles. The van der Waals surface area contributed by atoms with Crippen LogP contribution in [0.2, 0.25) is 0 Å². The van der Waals surface area contributed by atoms with Crippen molar-refractivity contribution in [3.05, 3.63) is 34.1 Å². The van der Waals surface area contributed by atoms with Crippen molar-refractivity contribution in [1.82, 2.24) is 15.0 Å². The van der Waals surface area contributed by atoms with Crippen LogP contribution in [-0.4, -0.2) is 40.7 Å². The Morgan fingerprint density at radius 2 is 2.35 bits per heavy atom. The van der Waals surface area contributed by atoms with Gasteiger partial charge in [0.05, 0.1) is 19.6 Å². The van der Waals surface area contributed by atoms with Crippen LogP contribution in [-0.2, 0) is 22.5 Å². The Balaban J connectivity index is 1.42. The van der Waals surface area contributed by atoms with Gasteiger partial charge >= 0.3 is 0 Å². The number of thiophene rings is 1. The van der Waals surface area contributed by atoms with Crippen molar-refractivity contribution in [2.75, 3.05) is 19.8 Å². The van der Waals surface area contributed by atoms with Gasteiger partial charge < -0.3 is 14.2 Å². The number of amides is 1. The normalized spacial score (nSPS) is 24.7. The fourth-order valence-corrected chi connectivity index (χ4v) is 4.07. The Labute approximate surface area is 138 Å². The van der Waals surface area contributed by atoms with Crippen LogP contribution in [0.1, 0.15) is 35.9 Å². The summed E-state index contributed by atoms with van der Waals surface area (Å²) >= 11 is 1.67. The molecule has 1 atom stereocenters. The topological polar surface area (TPSA) is 68.5 Å². The molecular weight excluding hydrogens is 314 g/mol. The Bertz CT molecular complexity index is 677. The van der Waals surface area contributed by atoms with Crippen LogP contribution < -0.4 is 0 Å². The van der Waals surface area contributed by atoms with E-state index in [1.807, 2.05) is 22.4 Å². The lowest BCUT2D eigenvalue weighted by atomic mass is 9.79. The predicted octanol–water partition coefficient (Wildman–Crippen LogP) is 2.25. The van der Waals surface area contributed by atoms with E-state index in [0.29, 0.717) is 31.1 Å². The monoisotopic (exact) mass is 333 g/mol. The number of ether oxygens (including phenoxy) is 1. The number of rotatable bonds is 4. The lowest BCUT2D eigenvalue weighted by Crippen LogP contribution is -2.46. The molecule has 7 heteroatoms. The van der Waals surface area contributed by atoms with Gasteiger partial charge in [-0.1, -0.05) is 11.2 Å². The van der Waals surface area contributed by atoms with Crippen molar-refractivity contribution in [2.45, 2.75) is 32.2 Å². The highest BCUT2D eigenvalue weighted by Gasteiger charge is 2.41. The highest BCUT2D eigenvalue weighted by Crippen LogP contribution is 2.38. The largest absolute Gasteiger partial charge is 0.381 e. The fourth-order valence-electron chi connectivity index (χ4n) is 3.38. The minimum absolute atomic E-state index is 0.136. The zero-order valence-electron chi connectivity index (χ0n) is 12.9. The summed E-state index contributed by atoms with van der Waals surface area (Å²) in [5, 5.41) is 6.06. The van der Waals surface area contributed by atoms with Crippen LogP contribution in [0, 0.1) is 5.41 Å². The van der Waals surface area contributed by atoms with Gasteiger partial charge in [0.25, 0.3) is 0 Å². The van der Waals surface area contributed by atoms with Gasteiger partial charge in [-0.2, -0.15) is 4.98 Å². The minimum Gasteiger partial charge on any atom is -0.381 e. The summed E-state index contributed by atoms with van der Waals surface area (Å²) in [6, 6.07) is 4.05. The summed E-state index contributed by atoms with van der Waals surface area (Å²) in [6.45, 7) is 2.72. The molecule has 2 saturated heterocycles. The molecule has 2 aliphatic heterocycles. The first-order valence-electron chi connectivity index (χ1n) is 7.92. The number of piperidine rings is 1. The number of hydrogen-bond acceptors (Lipinski definition) is 6. The lowest BCUT2D eigenvalue weighted by Gasteiger charge is -2.38. The molecule has 6 nitrogen and oxygen atoms in total. The molecule has 1 amide bonds. The molecule has 0 N–H and O–H groups in total. The second kappa shape index (κ2) is 6.05. The molecule has 2 aromatic heterocycles. The number of nitrogens with zero attached hydrogens (tertiary/aromatic N) is 3. The van der Waals surface area contributed by atoms with Gasteiger partial charge in [0.15, 0.2) is 5.82 Å². The lowest BCUT2D eigenvalue weighted by molar-refractivity contribution is -0.138. The number of carbonyl (C=O) groups excluding carboxylic acids is 1. The van der Waals surface area contributed by atoms with E-state index in [2.05, 4.69) is 10.1 Å². The third kappa shape index (κ3) is 3.16. The van der Waals surface area contributed by atoms with E-state index >= 15 is 0 Å². The number of hydrogen-bond donors (Lipinski definition) is 0. The predicted molar refractivity (Wildman–Crippen MR) is 83.9 cm³/mol. The fraction of sp³-hybridized carbons (Fsp3) is 0.562. The molecule has 2 aliphatic rings. The average molecular weight is 333 g/mol. The highest BCUT2D eigenvalue weighted by molar-refractivity contribution is 7.09. The molecule has 23 heavy (non-hydrogen) atoms. The van der Waals surface area contributed by atoms with Crippen LogP contribution in [0.15, 0.2) is 22.0 Å². The van der Waals surface area contributed by atoms with Crippen LogP contribution >= 0.6 is 11.3 Å². The maximum Gasteiger partial charge on any atom is 0.231 e. The number of aromatic nitrogens is 2. The quantitative estimate of drug-likeness (QED) is 0.858. The SMILES string of the molecule is O=C1CC[C@@]2(CCOC2)CN1Cc1noc(Cc2cccs2)n1. The third-order valence-electron chi connectivity index (χ3n) is 4.68. The van der Waals surface area contributed by atoms with Gasteiger partial charge in [0.1, 0.15) is 0 Å². The van der Waals surface area contributed by atoms with E-state index in [1.165, 1.54) is 4.88 Å². The van der Waals surface area contributed by atoms with Crippen LogP contribution in [0.5, 0.6) is 0 Å². The summed E-state index contributed by atoms with van der Waals surface area (Å²) in [5.41, 5.74) is 0.136. The molecule has 0 bridgehead atoms. The van der Waals surface area contributed by atoms with E-state index in [0.717, 1.165) is 32.6 Å². The van der Waals surface area contributed by atoms with Crippen LogP contribution in [0.3, 0.4) is 0 Å². The van der Waals surface area contributed by atoms with Gasteiger partial charge in [-0.25, -0.2) is 0 Å². The van der Waals surface area contributed by atoms with E-state index in [-0.39, 0.29) is 11.3 Å². The summed E-state index contributed by atoms with van der Waals surface area (Å²) in [6.07, 6.45) is 3.20. The Hall–Kier alpha value is -1.73. The standard InChI is InChI=1S/C16H19N3O3S/c20-15-3-4-16(5-6-21-11-16)10-19(15)9-13-17-14(22-18-13)8-12-2-1-7-23-12/h1-2,7H,3-6,8-11H2/t16-/m1/s1. The van der Waals surface area contributed by atoms with E-state index in [1.54, 1.807) is 11.3 Å². The van der Waals surface area contributed by atoms with Gasteiger partial charge in [-0.15, -0.1) is 11.3 Å². The highest BCUT2D eigenvalue weighted by atomic mass is 32.1. The van der Waals surface area contributed by atoms with Crippen molar-refractivity contribution in [1.29, 1.82) is 0 Å². The second-order valence-electron chi connectivity index (χ2n) is 6.41. The van der Waals surface area contributed by atoms with Crippen molar-refractivity contribution in [3.8, 4) is 0 Å². The summed E-state index contributed by atoms with van der Waals surface area (Å²) in [5.74, 6) is 1.36. The first-order chi connectivity index (χ1) is 11.2. The zero-order chi connectivity index (χ0) is 15.7. The number of carbonyl (C=O) groups is 1. The molecule has 0 aromatic carbocycles. The van der Waals surface area contributed by atoms with E-state index in [9.17, 15) is 4.79 Å². The maximum atomic E-state index is 12.2.